The zero-order valence-electron chi connectivity index (χ0n) is 9.62. The summed E-state index contributed by atoms with van der Waals surface area (Å²) in [6, 6.07) is 6.00. The molecule has 0 saturated heterocycles. The van der Waals surface area contributed by atoms with Crippen LogP contribution in [-0.2, 0) is 16.8 Å². The van der Waals surface area contributed by atoms with Crippen LogP contribution >= 0.6 is 0 Å². The lowest BCUT2D eigenvalue weighted by molar-refractivity contribution is -0.158. The fraction of sp³-hybridized carbons (Fsp3) is 0.462. The van der Waals surface area contributed by atoms with Crippen LogP contribution in [-0.4, -0.2) is 18.1 Å². The van der Waals surface area contributed by atoms with Crippen LogP contribution in [0.2, 0.25) is 0 Å². The zero-order chi connectivity index (χ0) is 11.3. The predicted molar refractivity (Wildman–Crippen MR) is 59.9 cm³/mol. The summed E-state index contributed by atoms with van der Waals surface area (Å²) in [5.74, 6) is 0.00347. The van der Waals surface area contributed by atoms with Crippen molar-refractivity contribution in [3.63, 3.8) is 0 Å². The first-order chi connectivity index (χ1) is 7.68. The standard InChI is InChI=1S/C13H15NO2/c1-13-8-4-6-9-5-3-7-10(11(9)13)12(15)14(13)16-2/h3,5,7H,4,6,8H2,1-2H3. The van der Waals surface area contributed by atoms with Crippen molar-refractivity contribution < 1.29 is 9.63 Å². The lowest BCUT2D eigenvalue weighted by Gasteiger charge is -2.37. The molecule has 0 saturated carbocycles. The van der Waals surface area contributed by atoms with E-state index in [1.54, 1.807) is 12.2 Å². The summed E-state index contributed by atoms with van der Waals surface area (Å²) in [6.07, 6.45) is 3.17. The predicted octanol–water partition coefficient (Wildman–Crippen LogP) is 2.26. The van der Waals surface area contributed by atoms with Crippen LogP contribution in [0.25, 0.3) is 0 Å². The van der Waals surface area contributed by atoms with E-state index in [0.717, 1.165) is 24.8 Å². The lowest BCUT2D eigenvalue weighted by Crippen LogP contribution is -2.42. The first-order valence-corrected chi connectivity index (χ1v) is 5.69. The number of benzene rings is 1. The topological polar surface area (TPSA) is 29.5 Å². The van der Waals surface area contributed by atoms with Gasteiger partial charge in [0.2, 0.25) is 0 Å². The second kappa shape index (κ2) is 3.08. The van der Waals surface area contributed by atoms with E-state index in [2.05, 4.69) is 13.0 Å². The molecule has 1 aromatic rings. The number of carbonyl (C=O) groups excluding carboxylic acids is 1. The maximum absolute atomic E-state index is 12.2. The minimum absolute atomic E-state index is 0.00347. The SMILES string of the molecule is CON1C(=O)c2cccc3c2C1(C)CCC3. The van der Waals surface area contributed by atoms with Crippen LogP contribution in [0.5, 0.6) is 0 Å². The molecular weight excluding hydrogens is 202 g/mol. The van der Waals surface area contributed by atoms with Crippen molar-refractivity contribution in [3.8, 4) is 0 Å². The van der Waals surface area contributed by atoms with Crippen LogP contribution in [0.4, 0.5) is 0 Å². The van der Waals surface area contributed by atoms with Crippen LogP contribution < -0.4 is 0 Å². The molecule has 0 spiro atoms. The summed E-state index contributed by atoms with van der Waals surface area (Å²) in [5.41, 5.74) is 3.06. The van der Waals surface area contributed by atoms with Crippen molar-refractivity contribution >= 4 is 5.91 Å². The number of hydrogen-bond acceptors (Lipinski definition) is 2. The van der Waals surface area contributed by atoms with Gasteiger partial charge in [-0.3, -0.25) is 9.63 Å². The Bertz CT molecular complexity index is 469. The third kappa shape index (κ3) is 0.990. The van der Waals surface area contributed by atoms with Gasteiger partial charge in [0.1, 0.15) is 0 Å². The molecule has 0 radical (unpaired) electrons. The molecule has 0 aromatic heterocycles. The van der Waals surface area contributed by atoms with Crippen molar-refractivity contribution in [2.45, 2.75) is 31.7 Å². The number of aryl methyl sites for hydroxylation is 1. The highest BCUT2D eigenvalue weighted by Gasteiger charge is 2.49. The van der Waals surface area contributed by atoms with Gasteiger partial charge in [-0.2, -0.15) is 0 Å². The average molecular weight is 217 g/mol. The highest BCUT2D eigenvalue weighted by molar-refractivity contribution is 5.99. The van der Waals surface area contributed by atoms with Gasteiger partial charge < -0.3 is 0 Å². The monoisotopic (exact) mass is 217 g/mol. The Labute approximate surface area is 95.0 Å². The summed E-state index contributed by atoms with van der Waals surface area (Å²) < 4.78 is 0. The van der Waals surface area contributed by atoms with E-state index >= 15 is 0 Å². The van der Waals surface area contributed by atoms with Crippen molar-refractivity contribution in [3.05, 3.63) is 34.9 Å². The maximum Gasteiger partial charge on any atom is 0.278 e. The van der Waals surface area contributed by atoms with Crippen molar-refractivity contribution in [2.75, 3.05) is 7.11 Å². The smallest absolute Gasteiger partial charge is 0.273 e. The van der Waals surface area contributed by atoms with E-state index in [0.29, 0.717) is 0 Å². The Morgan fingerprint density at radius 3 is 3.00 bits per heavy atom. The van der Waals surface area contributed by atoms with E-state index in [1.165, 1.54) is 11.1 Å². The van der Waals surface area contributed by atoms with Gasteiger partial charge in [0.05, 0.1) is 12.6 Å². The number of rotatable bonds is 1. The zero-order valence-corrected chi connectivity index (χ0v) is 9.62. The molecule has 0 N–H and O–H groups in total. The van der Waals surface area contributed by atoms with Gasteiger partial charge in [-0.25, -0.2) is 5.06 Å². The molecule has 1 heterocycles. The van der Waals surface area contributed by atoms with E-state index in [1.807, 2.05) is 12.1 Å². The molecule has 2 aliphatic rings. The Morgan fingerprint density at radius 1 is 1.44 bits per heavy atom. The molecule has 0 bridgehead atoms. The third-order valence-electron chi connectivity index (χ3n) is 3.84. The number of hydroxylamine groups is 2. The van der Waals surface area contributed by atoms with E-state index in [-0.39, 0.29) is 11.4 Å². The second-order valence-corrected chi connectivity index (χ2v) is 4.75. The average Bonchev–Trinajstić information content (AvgIpc) is 2.50. The molecule has 1 atom stereocenters. The Kier molecular flexibility index (Phi) is 1.89. The molecule has 1 amide bonds. The number of amides is 1. The lowest BCUT2D eigenvalue weighted by atomic mass is 9.78. The number of nitrogens with zero attached hydrogens (tertiary/aromatic N) is 1. The minimum atomic E-state index is -0.254. The Morgan fingerprint density at radius 2 is 2.25 bits per heavy atom. The van der Waals surface area contributed by atoms with Crippen LogP contribution in [0, 0.1) is 0 Å². The van der Waals surface area contributed by atoms with E-state index in [4.69, 9.17) is 4.84 Å². The van der Waals surface area contributed by atoms with Gasteiger partial charge in [0.15, 0.2) is 0 Å². The van der Waals surface area contributed by atoms with Crippen LogP contribution in [0.1, 0.15) is 41.3 Å². The fourth-order valence-corrected chi connectivity index (χ4v) is 3.19. The summed E-state index contributed by atoms with van der Waals surface area (Å²) >= 11 is 0. The van der Waals surface area contributed by atoms with E-state index < -0.39 is 0 Å². The van der Waals surface area contributed by atoms with Gasteiger partial charge in [-0.1, -0.05) is 12.1 Å². The summed E-state index contributed by atoms with van der Waals surface area (Å²) in [4.78, 5) is 17.5. The minimum Gasteiger partial charge on any atom is -0.273 e. The number of carbonyl (C=O) groups is 1. The number of hydrogen-bond donors (Lipinski definition) is 0. The van der Waals surface area contributed by atoms with E-state index in [9.17, 15) is 4.79 Å². The van der Waals surface area contributed by atoms with Crippen LogP contribution in [0.3, 0.4) is 0 Å². The maximum atomic E-state index is 12.2. The van der Waals surface area contributed by atoms with Gasteiger partial charge in [0, 0.05) is 5.56 Å². The largest absolute Gasteiger partial charge is 0.278 e. The van der Waals surface area contributed by atoms with Crippen molar-refractivity contribution in [2.24, 2.45) is 0 Å². The quantitative estimate of drug-likeness (QED) is 0.722. The van der Waals surface area contributed by atoms with Gasteiger partial charge in [0.25, 0.3) is 5.91 Å². The van der Waals surface area contributed by atoms with Crippen molar-refractivity contribution in [1.82, 2.24) is 5.06 Å². The summed E-state index contributed by atoms with van der Waals surface area (Å²) in [6.45, 7) is 2.10. The first kappa shape index (κ1) is 9.85. The molecule has 0 fully saturated rings. The van der Waals surface area contributed by atoms with Crippen molar-refractivity contribution in [1.29, 1.82) is 0 Å². The third-order valence-corrected chi connectivity index (χ3v) is 3.84. The second-order valence-electron chi connectivity index (χ2n) is 4.75. The highest BCUT2D eigenvalue weighted by atomic mass is 16.7. The molecule has 84 valence electrons. The molecule has 1 aliphatic heterocycles. The molecule has 3 heteroatoms. The normalized spacial score (nSPS) is 27.1. The molecule has 1 unspecified atom stereocenters. The highest BCUT2D eigenvalue weighted by Crippen LogP contribution is 2.47. The Balaban J connectivity index is 2.29. The fourth-order valence-electron chi connectivity index (χ4n) is 3.19. The molecule has 1 aliphatic carbocycles. The van der Waals surface area contributed by atoms with Gasteiger partial charge in [-0.15, -0.1) is 0 Å². The summed E-state index contributed by atoms with van der Waals surface area (Å²) in [5, 5.41) is 1.54. The van der Waals surface area contributed by atoms with Gasteiger partial charge in [-0.05, 0) is 43.4 Å². The molecular formula is C13H15NO2. The summed E-state index contributed by atoms with van der Waals surface area (Å²) in [7, 11) is 1.57. The molecule has 16 heavy (non-hydrogen) atoms. The van der Waals surface area contributed by atoms with Gasteiger partial charge >= 0.3 is 0 Å². The molecule has 3 nitrogen and oxygen atoms in total. The molecule has 1 aromatic carbocycles. The molecule has 3 rings (SSSR count). The Hall–Kier alpha value is -1.35. The first-order valence-electron chi connectivity index (χ1n) is 5.69. The van der Waals surface area contributed by atoms with Crippen LogP contribution in [0.15, 0.2) is 18.2 Å².